The number of hydrogen-bond donors (Lipinski definition) is 0. The fourth-order valence-electron chi connectivity index (χ4n) is 3.37. The first kappa shape index (κ1) is 20.3. The summed E-state index contributed by atoms with van der Waals surface area (Å²) in [4.78, 5) is 11.7. The number of aryl methyl sites for hydroxylation is 1. The van der Waals surface area contributed by atoms with Crippen molar-refractivity contribution in [1.29, 1.82) is 0 Å². The van der Waals surface area contributed by atoms with Gasteiger partial charge in [0.1, 0.15) is 17.2 Å². The summed E-state index contributed by atoms with van der Waals surface area (Å²) in [6, 6.07) is 12.1. The molecule has 0 amide bonds. The molecule has 3 nitrogen and oxygen atoms in total. The van der Waals surface area contributed by atoms with Crippen molar-refractivity contribution in [2.75, 3.05) is 6.61 Å². The Balaban J connectivity index is 1.64. The highest BCUT2D eigenvalue weighted by Crippen LogP contribution is 2.51. The average molecular weight is 388 g/mol. The molecule has 28 heavy (non-hydrogen) atoms. The summed E-state index contributed by atoms with van der Waals surface area (Å²) in [6.45, 7) is 5.83. The monoisotopic (exact) mass is 388 g/mol. The Hall–Kier alpha value is -2.43. The van der Waals surface area contributed by atoms with Crippen molar-refractivity contribution in [3.05, 3.63) is 53.8 Å². The minimum atomic E-state index is -1.46. The van der Waals surface area contributed by atoms with E-state index in [1.165, 1.54) is 6.07 Å². The van der Waals surface area contributed by atoms with E-state index in [-0.39, 0.29) is 31.4 Å². The van der Waals surface area contributed by atoms with Crippen LogP contribution in [0, 0.1) is 11.7 Å². The molecule has 0 N–H and O–H groups in total. The quantitative estimate of drug-likeness (QED) is 0.560. The van der Waals surface area contributed by atoms with E-state index in [0.29, 0.717) is 17.7 Å². The van der Waals surface area contributed by atoms with Gasteiger partial charge in [0.25, 0.3) is 0 Å². The van der Waals surface area contributed by atoms with Gasteiger partial charge in [-0.3, -0.25) is 4.79 Å². The lowest BCUT2D eigenvalue weighted by Crippen LogP contribution is -2.15. The summed E-state index contributed by atoms with van der Waals surface area (Å²) in [5.41, 5.74) is 0.697. The zero-order valence-corrected chi connectivity index (χ0v) is 16.5. The van der Waals surface area contributed by atoms with E-state index in [1.54, 1.807) is 19.1 Å². The van der Waals surface area contributed by atoms with E-state index in [1.807, 2.05) is 38.1 Å². The fraction of sp³-hybridized carbons (Fsp3) is 0.435. The largest absolute Gasteiger partial charge is 0.491 e. The number of hydrogen-bond acceptors (Lipinski definition) is 3. The molecule has 0 spiro atoms. The summed E-state index contributed by atoms with van der Waals surface area (Å²) in [7, 11) is 0. The highest BCUT2D eigenvalue weighted by Gasteiger charge is 2.59. The number of benzene rings is 2. The Labute approximate surface area is 164 Å². The predicted molar refractivity (Wildman–Crippen MR) is 105 cm³/mol. The molecule has 5 heteroatoms. The number of ether oxygens (including phenoxy) is 2. The Kier molecular flexibility index (Phi) is 6.01. The number of halogens is 2. The van der Waals surface area contributed by atoms with Gasteiger partial charge in [0, 0.05) is 5.56 Å². The number of esters is 1. The second-order valence-corrected chi connectivity index (χ2v) is 7.55. The second kappa shape index (κ2) is 8.29. The molecule has 0 unspecified atom stereocenters. The molecule has 1 aliphatic rings. The second-order valence-electron chi connectivity index (χ2n) is 7.55. The van der Waals surface area contributed by atoms with Gasteiger partial charge in [0.05, 0.1) is 18.6 Å². The van der Waals surface area contributed by atoms with E-state index in [0.717, 1.165) is 11.1 Å². The van der Waals surface area contributed by atoms with Gasteiger partial charge in [-0.15, -0.1) is 0 Å². The molecule has 1 fully saturated rings. The number of carbonyl (C=O) groups is 1. The molecule has 150 valence electrons. The molecule has 2 aromatic carbocycles. The first-order valence-corrected chi connectivity index (χ1v) is 9.73. The van der Waals surface area contributed by atoms with Crippen LogP contribution in [-0.4, -0.2) is 24.3 Å². The van der Waals surface area contributed by atoms with Gasteiger partial charge in [-0.05, 0) is 69.4 Å². The fourth-order valence-corrected chi connectivity index (χ4v) is 3.37. The Bertz CT molecular complexity index is 832. The van der Waals surface area contributed by atoms with Crippen LogP contribution in [0.25, 0.3) is 11.1 Å². The number of alkyl halides is 1. The Morgan fingerprint density at radius 3 is 2.57 bits per heavy atom. The van der Waals surface area contributed by atoms with Crippen molar-refractivity contribution in [3.8, 4) is 16.9 Å². The van der Waals surface area contributed by atoms with Crippen LogP contribution >= 0.6 is 0 Å². The molecule has 0 radical (unpaired) electrons. The van der Waals surface area contributed by atoms with E-state index < -0.39 is 17.6 Å². The Morgan fingerprint density at radius 2 is 1.93 bits per heavy atom. The third-order valence-electron chi connectivity index (χ3n) is 4.98. The van der Waals surface area contributed by atoms with Gasteiger partial charge >= 0.3 is 5.97 Å². The van der Waals surface area contributed by atoms with E-state index >= 15 is 0 Å². The molecule has 1 aliphatic carbocycles. The molecule has 0 aromatic heterocycles. The molecular weight excluding hydrogens is 362 g/mol. The lowest BCUT2D eigenvalue weighted by Gasteiger charge is -2.12. The van der Waals surface area contributed by atoms with Gasteiger partial charge < -0.3 is 9.47 Å². The lowest BCUT2D eigenvalue weighted by atomic mass is 10.00. The summed E-state index contributed by atoms with van der Waals surface area (Å²) in [5.74, 6) is -0.778. The molecule has 2 aromatic rings. The maximum absolute atomic E-state index is 14.6. The van der Waals surface area contributed by atoms with E-state index in [9.17, 15) is 13.6 Å². The standard InChI is InChI=1S/C23H26F2O3/c1-4-27-22(26)20-14-23(20,25)12-11-16-5-7-17(8-6-16)19-13-18(28-15(2)3)9-10-21(19)24/h5-10,13,15,20H,4,11-12,14H2,1-3H3/t20-,23-/m0/s1. The lowest BCUT2D eigenvalue weighted by molar-refractivity contribution is -0.145. The normalized spacial score (nSPS) is 20.9. The molecule has 0 bridgehead atoms. The van der Waals surface area contributed by atoms with Crippen LogP contribution in [0.2, 0.25) is 0 Å². The topological polar surface area (TPSA) is 35.5 Å². The van der Waals surface area contributed by atoms with Crippen LogP contribution < -0.4 is 4.74 Å². The summed E-state index contributed by atoms with van der Waals surface area (Å²) in [6.07, 6.45) is 1.04. The van der Waals surface area contributed by atoms with Gasteiger partial charge in [-0.1, -0.05) is 24.3 Å². The van der Waals surface area contributed by atoms with Crippen LogP contribution in [0.1, 0.15) is 39.2 Å². The summed E-state index contributed by atoms with van der Waals surface area (Å²) in [5, 5.41) is 0. The highest BCUT2D eigenvalue weighted by molar-refractivity contribution is 5.77. The third-order valence-corrected chi connectivity index (χ3v) is 4.98. The molecule has 0 heterocycles. The van der Waals surface area contributed by atoms with E-state index in [2.05, 4.69) is 0 Å². The molecule has 0 aliphatic heterocycles. The third kappa shape index (κ3) is 4.70. The van der Waals surface area contributed by atoms with Gasteiger partial charge in [-0.2, -0.15) is 0 Å². The smallest absolute Gasteiger partial charge is 0.312 e. The number of carbonyl (C=O) groups excluding carboxylic acids is 1. The zero-order chi connectivity index (χ0) is 20.3. The Morgan fingerprint density at radius 1 is 1.21 bits per heavy atom. The maximum atomic E-state index is 14.6. The van der Waals surface area contributed by atoms with Crippen LogP contribution in [0.4, 0.5) is 8.78 Å². The molecule has 2 atom stereocenters. The van der Waals surface area contributed by atoms with Crippen molar-refractivity contribution in [1.82, 2.24) is 0 Å². The average Bonchev–Trinajstić information content (AvgIpc) is 3.34. The van der Waals surface area contributed by atoms with Crippen molar-refractivity contribution in [2.45, 2.75) is 51.8 Å². The molecule has 0 saturated heterocycles. The van der Waals surface area contributed by atoms with E-state index in [4.69, 9.17) is 9.47 Å². The zero-order valence-electron chi connectivity index (χ0n) is 16.5. The minimum Gasteiger partial charge on any atom is -0.491 e. The SMILES string of the molecule is CCOC(=O)[C@@H]1C[C@@]1(F)CCc1ccc(-c2cc(OC(C)C)ccc2F)cc1. The van der Waals surface area contributed by atoms with Crippen molar-refractivity contribution < 1.29 is 23.0 Å². The summed E-state index contributed by atoms with van der Waals surface area (Å²) < 4.78 is 39.4. The number of rotatable bonds is 8. The van der Waals surface area contributed by atoms with Gasteiger partial charge in [0.2, 0.25) is 0 Å². The first-order chi connectivity index (χ1) is 13.3. The predicted octanol–water partition coefficient (Wildman–Crippen LogP) is 5.50. The van der Waals surface area contributed by atoms with Gasteiger partial charge in [-0.25, -0.2) is 8.78 Å². The van der Waals surface area contributed by atoms with Crippen LogP contribution in [-0.2, 0) is 16.0 Å². The highest BCUT2D eigenvalue weighted by atomic mass is 19.1. The first-order valence-electron chi connectivity index (χ1n) is 9.73. The molecule has 1 saturated carbocycles. The van der Waals surface area contributed by atoms with Crippen molar-refractivity contribution in [2.24, 2.45) is 5.92 Å². The van der Waals surface area contributed by atoms with Crippen LogP contribution in [0.5, 0.6) is 5.75 Å². The molecular formula is C23H26F2O3. The maximum Gasteiger partial charge on any atom is 0.312 e. The van der Waals surface area contributed by atoms with Crippen LogP contribution in [0.15, 0.2) is 42.5 Å². The van der Waals surface area contributed by atoms with Gasteiger partial charge in [0.15, 0.2) is 0 Å². The summed E-state index contributed by atoms with van der Waals surface area (Å²) >= 11 is 0. The van der Waals surface area contributed by atoms with Crippen molar-refractivity contribution >= 4 is 5.97 Å². The van der Waals surface area contributed by atoms with Crippen LogP contribution in [0.3, 0.4) is 0 Å². The minimum absolute atomic E-state index is 0.00886. The van der Waals surface area contributed by atoms with Crippen molar-refractivity contribution in [3.63, 3.8) is 0 Å². The molecule has 3 rings (SSSR count).